The third kappa shape index (κ3) is 8.64. The molecule has 0 aliphatic heterocycles. The van der Waals surface area contributed by atoms with E-state index in [4.69, 9.17) is 24.4 Å². The second-order valence-electron chi connectivity index (χ2n) is 8.45. The highest BCUT2D eigenvalue weighted by Gasteiger charge is 2.13. The van der Waals surface area contributed by atoms with E-state index in [9.17, 15) is 0 Å². The van der Waals surface area contributed by atoms with E-state index < -0.39 is 0 Å². The lowest BCUT2D eigenvalue weighted by atomic mass is 10.1. The molecule has 35 heavy (non-hydrogen) atoms. The van der Waals surface area contributed by atoms with Gasteiger partial charge in [0.2, 0.25) is 0 Å². The van der Waals surface area contributed by atoms with Crippen LogP contribution in [0.1, 0.15) is 56.2 Å². The first-order chi connectivity index (χ1) is 17.0. The van der Waals surface area contributed by atoms with Crippen LogP contribution in [0.15, 0.2) is 76.5 Å². The van der Waals surface area contributed by atoms with Gasteiger partial charge in [-0.25, -0.2) is 0 Å². The molecule has 2 nitrogen and oxygen atoms in total. The molecule has 0 spiro atoms. The average molecular weight is 539 g/mol. The fourth-order valence-corrected chi connectivity index (χ4v) is 6.11. The Balaban J connectivity index is 1.71. The lowest BCUT2D eigenvalue weighted by Crippen LogP contribution is -2.12. The predicted molar refractivity (Wildman–Crippen MR) is 165 cm³/mol. The van der Waals surface area contributed by atoms with E-state index in [1.807, 2.05) is 12.1 Å². The summed E-state index contributed by atoms with van der Waals surface area (Å²) >= 11 is 14.8. The van der Waals surface area contributed by atoms with Gasteiger partial charge in [-0.15, -0.1) is 0 Å². The first kappa shape index (κ1) is 27.7. The first-order valence-corrected chi connectivity index (χ1v) is 14.7. The van der Waals surface area contributed by atoms with E-state index in [0.29, 0.717) is 0 Å². The first-order valence-electron chi connectivity index (χ1n) is 12.2. The van der Waals surface area contributed by atoms with Crippen molar-refractivity contribution >= 4 is 68.0 Å². The Labute approximate surface area is 230 Å². The molecule has 0 atom stereocenters. The highest BCUT2D eigenvalue weighted by Crippen LogP contribution is 2.33. The van der Waals surface area contributed by atoms with Crippen molar-refractivity contribution in [1.29, 1.82) is 0 Å². The molecule has 0 aliphatic rings. The van der Waals surface area contributed by atoms with Crippen LogP contribution in [0.2, 0.25) is 0 Å². The average Bonchev–Trinajstić information content (AvgIpc) is 2.85. The quantitative estimate of drug-likeness (QED) is 0.197. The zero-order chi connectivity index (χ0) is 25.0. The van der Waals surface area contributed by atoms with Crippen LogP contribution in [0.4, 0.5) is 11.4 Å². The summed E-state index contributed by atoms with van der Waals surface area (Å²) in [5, 5.41) is 6.94. The number of benzene rings is 3. The summed E-state index contributed by atoms with van der Waals surface area (Å²) in [6.07, 6.45) is 6.87. The summed E-state index contributed by atoms with van der Waals surface area (Å²) in [5.74, 6) is 0. The van der Waals surface area contributed by atoms with Crippen molar-refractivity contribution in [2.75, 3.05) is 10.6 Å². The number of rotatable bonds is 10. The lowest BCUT2D eigenvalue weighted by molar-refractivity contribution is 0.785. The second kappa shape index (κ2) is 14.6. The van der Waals surface area contributed by atoms with Crippen molar-refractivity contribution in [3.63, 3.8) is 0 Å². The number of aryl methyl sites for hydroxylation is 3. The van der Waals surface area contributed by atoms with E-state index in [-0.39, 0.29) is 0 Å². The third-order valence-electron chi connectivity index (χ3n) is 5.69. The molecule has 3 rings (SSSR count). The van der Waals surface area contributed by atoms with Gasteiger partial charge < -0.3 is 10.6 Å². The van der Waals surface area contributed by atoms with E-state index in [1.54, 1.807) is 23.5 Å². The van der Waals surface area contributed by atoms with E-state index in [0.717, 1.165) is 38.4 Å². The van der Waals surface area contributed by atoms with Gasteiger partial charge in [-0.2, -0.15) is 0 Å². The van der Waals surface area contributed by atoms with Crippen molar-refractivity contribution in [2.45, 2.75) is 69.1 Å². The number of hydrogen-bond donors (Lipinski definition) is 2. The standard InChI is InChI=1S/C29H34N2S4/c1-4-6-14-22-16-8-10-19-25(22)34-28(32)30-24-18-12-13-21(3)27(24)31-29(33)35-26-20-11-9-17-23(26)15-7-5-2/h8-13,16-20H,4-7,14-15H2,1-3H3,(H,30,32)(H,31,33). The van der Waals surface area contributed by atoms with Gasteiger partial charge >= 0.3 is 0 Å². The fraction of sp³-hybridized carbons (Fsp3) is 0.310. The maximum atomic E-state index is 5.77. The van der Waals surface area contributed by atoms with Gasteiger partial charge in [0, 0.05) is 9.79 Å². The molecule has 2 N–H and O–H groups in total. The predicted octanol–water partition coefficient (Wildman–Crippen LogP) is 9.66. The Morgan fingerprint density at radius 2 is 1.20 bits per heavy atom. The van der Waals surface area contributed by atoms with Crippen molar-refractivity contribution in [3.05, 3.63) is 83.4 Å². The van der Waals surface area contributed by atoms with E-state index in [2.05, 4.69) is 86.0 Å². The Bertz CT molecular complexity index is 1140. The number of thiocarbonyl (C=S) groups is 2. The minimum absolute atomic E-state index is 0.728. The van der Waals surface area contributed by atoms with E-state index >= 15 is 0 Å². The maximum Gasteiger partial charge on any atom is 0.143 e. The normalized spacial score (nSPS) is 10.7. The second-order valence-corrected chi connectivity index (χ2v) is 11.9. The van der Waals surface area contributed by atoms with Gasteiger partial charge in [0.1, 0.15) is 8.64 Å². The monoisotopic (exact) mass is 538 g/mol. The van der Waals surface area contributed by atoms with Crippen LogP contribution >= 0.6 is 48.0 Å². The molecular weight excluding hydrogens is 505 g/mol. The molecule has 3 aromatic rings. The molecule has 0 saturated carbocycles. The van der Waals surface area contributed by atoms with Crippen LogP contribution < -0.4 is 10.6 Å². The zero-order valence-electron chi connectivity index (χ0n) is 20.7. The maximum absolute atomic E-state index is 5.77. The lowest BCUT2D eigenvalue weighted by Gasteiger charge is -2.18. The Hall–Kier alpha value is -1.86. The molecule has 0 heterocycles. The van der Waals surface area contributed by atoms with Crippen LogP contribution in [0.25, 0.3) is 0 Å². The van der Waals surface area contributed by atoms with Crippen molar-refractivity contribution < 1.29 is 0 Å². The van der Waals surface area contributed by atoms with Gasteiger partial charge in [0.15, 0.2) is 0 Å². The molecule has 3 aromatic carbocycles. The summed E-state index contributed by atoms with van der Waals surface area (Å²) < 4.78 is 1.46. The summed E-state index contributed by atoms with van der Waals surface area (Å²) in [5.41, 5.74) is 5.73. The van der Waals surface area contributed by atoms with Gasteiger partial charge in [0.05, 0.1) is 11.4 Å². The molecule has 0 radical (unpaired) electrons. The molecule has 0 fully saturated rings. The molecule has 0 bridgehead atoms. The smallest absolute Gasteiger partial charge is 0.143 e. The number of hydrogen-bond acceptors (Lipinski definition) is 4. The molecule has 6 heteroatoms. The summed E-state index contributed by atoms with van der Waals surface area (Å²) in [7, 11) is 0. The minimum atomic E-state index is 0.728. The van der Waals surface area contributed by atoms with Crippen LogP contribution in [0.3, 0.4) is 0 Å². The number of unbranched alkanes of at least 4 members (excludes halogenated alkanes) is 2. The molecule has 0 unspecified atom stereocenters. The largest absolute Gasteiger partial charge is 0.339 e. The highest BCUT2D eigenvalue weighted by molar-refractivity contribution is 8.23. The number of para-hydroxylation sites is 1. The minimum Gasteiger partial charge on any atom is -0.339 e. The van der Waals surface area contributed by atoms with Gasteiger partial charge in [-0.3, -0.25) is 0 Å². The Morgan fingerprint density at radius 1 is 0.686 bits per heavy atom. The number of anilines is 2. The van der Waals surface area contributed by atoms with Crippen molar-refractivity contribution in [3.8, 4) is 0 Å². The van der Waals surface area contributed by atoms with E-state index in [1.165, 1.54) is 46.6 Å². The van der Waals surface area contributed by atoms with Crippen molar-refractivity contribution in [2.24, 2.45) is 0 Å². The molecule has 184 valence electrons. The molecular formula is C29H34N2S4. The van der Waals surface area contributed by atoms with Gasteiger partial charge in [0.25, 0.3) is 0 Å². The molecule has 0 amide bonds. The van der Waals surface area contributed by atoms with Crippen molar-refractivity contribution in [1.82, 2.24) is 0 Å². The number of nitrogens with one attached hydrogen (secondary N) is 2. The van der Waals surface area contributed by atoms with Crippen LogP contribution in [0.5, 0.6) is 0 Å². The topological polar surface area (TPSA) is 24.1 Å². The van der Waals surface area contributed by atoms with Crippen LogP contribution in [-0.4, -0.2) is 8.64 Å². The molecule has 0 saturated heterocycles. The molecule has 0 aliphatic carbocycles. The summed E-state index contributed by atoms with van der Waals surface area (Å²) in [6, 6.07) is 23.3. The number of thioether (sulfide) groups is 2. The summed E-state index contributed by atoms with van der Waals surface area (Å²) in [6.45, 7) is 6.54. The fourth-order valence-electron chi connectivity index (χ4n) is 3.75. The Kier molecular flexibility index (Phi) is 11.6. The zero-order valence-corrected chi connectivity index (χ0v) is 24.0. The van der Waals surface area contributed by atoms with Gasteiger partial charge in [-0.1, -0.05) is 123 Å². The highest BCUT2D eigenvalue weighted by atomic mass is 32.2. The summed E-state index contributed by atoms with van der Waals surface area (Å²) in [4.78, 5) is 2.44. The van der Waals surface area contributed by atoms with Crippen LogP contribution in [0, 0.1) is 6.92 Å². The Morgan fingerprint density at radius 3 is 1.74 bits per heavy atom. The third-order valence-corrected chi connectivity index (χ3v) is 8.20. The molecule has 0 aromatic heterocycles. The van der Waals surface area contributed by atoms with Gasteiger partial charge in [-0.05, 0) is 67.5 Å². The SMILES string of the molecule is CCCCc1ccccc1SC(=S)Nc1cccc(C)c1NC(=S)Sc1ccccc1CCCC. The van der Waals surface area contributed by atoms with Crippen LogP contribution in [-0.2, 0) is 12.8 Å².